The van der Waals surface area contributed by atoms with Crippen LogP contribution < -0.4 is 4.74 Å². The van der Waals surface area contributed by atoms with Crippen molar-refractivity contribution in [3.8, 4) is 11.5 Å². The highest BCUT2D eigenvalue weighted by Crippen LogP contribution is 2.58. The maximum absolute atomic E-state index is 11.0. The average molecular weight is 472 g/mol. The van der Waals surface area contributed by atoms with Crippen LogP contribution in [-0.2, 0) is 6.42 Å². The van der Waals surface area contributed by atoms with E-state index in [0.29, 0.717) is 11.7 Å². The van der Waals surface area contributed by atoms with E-state index in [-0.39, 0.29) is 11.5 Å². The standard InChI is InChI=1S/C21H28Br2O2/c1-5-6-7-8-13-17(22)19(24)16-14-11-12(2)9-10-15(14)21(3,4)25-20(16)18(13)23/h11,14-15,24H,5-10H2,1-4H3. The second-order valence-electron chi connectivity index (χ2n) is 8.04. The van der Waals surface area contributed by atoms with Crippen molar-refractivity contribution in [2.75, 3.05) is 0 Å². The Morgan fingerprint density at radius 1 is 1.24 bits per heavy atom. The molecule has 2 nitrogen and oxygen atoms in total. The van der Waals surface area contributed by atoms with E-state index in [4.69, 9.17) is 4.74 Å². The molecule has 0 bridgehead atoms. The Kier molecular flexibility index (Phi) is 5.60. The molecule has 0 fully saturated rings. The fourth-order valence-electron chi connectivity index (χ4n) is 4.37. The van der Waals surface area contributed by atoms with Crippen molar-refractivity contribution in [3.63, 3.8) is 0 Å². The summed E-state index contributed by atoms with van der Waals surface area (Å²) in [7, 11) is 0. The first-order valence-electron chi connectivity index (χ1n) is 9.36. The zero-order valence-corrected chi connectivity index (χ0v) is 18.8. The summed E-state index contributed by atoms with van der Waals surface area (Å²) in [6.45, 7) is 8.77. The van der Waals surface area contributed by atoms with Crippen molar-refractivity contribution in [3.05, 3.63) is 31.7 Å². The fraction of sp³-hybridized carbons (Fsp3) is 0.619. The topological polar surface area (TPSA) is 29.5 Å². The maximum atomic E-state index is 11.0. The minimum atomic E-state index is -0.238. The highest BCUT2D eigenvalue weighted by molar-refractivity contribution is 9.11. The molecule has 2 unspecified atom stereocenters. The molecular weight excluding hydrogens is 444 g/mol. The SMILES string of the molecule is CCCCCc1c(Br)c(O)c2c(c1Br)OC(C)(C)C1CCC(C)=CC21. The Bertz CT molecular complexity index is 707. The van der Waals surface area contributed by atoms with Gasteiger partial charge in [-0.3, -0.25) is 0 Å². The molecule has 1 N–H and O–H groups in total. The number of aromatic hydroxyl groups is 1. The highest BCUT2D eigenvalue weighted by Gasteiger charge is 2.46. The summed E-state index contributed by atoms with van der Waals surface area (Å²) in [6.07, 6.45) is 8.97. The summed E-state index contributed by atoms with van der Waals surface area (Å²) in [5.41, 5.74) is 3.23. The molecule has 1 aromatic carbocycles. The smallest absolute Gasteiger partial charge is 0.142 e. The molecule has 2 atom stereocenters. The van der Waals surface area contributed by atoms with Crippen LogP contribution in [0.5, 0.6) is 11.5 Å². The molecule has 0 amide bonds. The van der Waals surface area contributed by atoms with Gasteiger partial charge in [-0.15, -0.1) is 0 Å². The normalized spacial score (nSPS) is 24.2. The van der Waals surface area contributed by atoms with Crippen LogP contribution in [0.3, 0.4) is 0 Å². The second-order valence-corrected chi connectivity index (χ2v) is 9.63. The third kappa shape index (κ3) is 3.41. The van der Waals surface area contributed by atoms with Crippen molar-refractivity contribution in [1.82, 2.24) is 0 Å². The number of unbranched alkanes of at least 4 members (excludes halogenated alkanes) is 2. The van der Waals surface area contributed by atoms with E-state index in [1.165, 1.54) is 18.4 Å². The zero-order chi connectivity index (χ0) is 18.4. The van der Waals surface area contributed by atoms with Gasteiger partial charge in [-0.05, 0) is 83.9 Å². The minimum absolute atomic E-state index is 0.213. The number of hydrogen-bond donors (Lipinski definition) is 1. The number of benzene rings is 1. The average Bonchev–Trinajstić information content (AvgIpc) is 2.55. The van der Waals surface area contributed by atoms with Gasteiger partial charge < -0.3 is 9.84 Å². The summed E-state index contributed by atoms with van der Waals surface area (Å²) < 4.78 is 8.31. The van der Waals surface area contributed by atoms with Crippen molar-refractivity contribution >= 4 is 31.9 Å². The number of fused-ring (bicyclic) bond motifs is 3. The van der Waals surface area contributed by atoms with Gasteiger partial charge in [-0.1, -0.05) is 31.4 Å². The number of halogens is 2. The Morgan fingerprint density at radius 3 is 2.64 bits per heavy atom. The molecule has 1 aliphatic heterocycles. The van der Waals surface area contributed by atoms with Crippen molar-refractivity contribution in [2.24, 2.45) is 5.92 Å². The molecule has 2 aliphatic rings. The van der Waals surface area contributed by atoms with Crippen LogP contribution >= 0.6 is 31.9 Å². The first kappa shape index (κ1) is 19.3. The van der Waals surface area contributed by atoms with Crippen LogP contribution in [0.4, 0.5) is 0 Å². The van der Waals surface area contributed by atoms with Crippen LogP contribution in [0.1, 0.15) is 76.8 Å². The Balaban J connectivity index is 2.14. The van der Waals surface area contributed by atoms with E-state index in [1.54, 1.807) is 0 Å². The summed E-state index contributed by atoms with van der Waals surface area (Å²) in [5.74, 6) is 1.80. The van der Waals surface area contributed by atoms with Gasteiger partial charge in [-0.2, -0.15) is 0 Å². The zero-order valence-electron chi connectivity index (χ0n) is 15.6. The molecule has 4 heteroatoms. The number of ether oxygens (including phenoxy) is 1. The Hall–Kier alpha value is -0.480. The second kappa shape index (κ2) is 7.26. The molecule has 3 rings (SSSR count). The predicted molar refractivity (Wildman–Crippen MR) is 111 cm³/mol. The predicted octanol–water partition coefficient (Wildman–Crippen LogP) is 7.26. The summed E-state index contributed by atoms with van der Waals surface area (Å²) in [5, 5.41) is 11.0. The lowest BCUT2D eigenvalue weighted by molar-refractivity contribution is 0.00983. The monoisotopic (exact) mass is 470 g/mol. The molecule has 0 radical (unpaired) electrons. The summed E-state index contributed by atoms with van der Waals surface area (Å²) in [4.78, 5) is 0. The fourth-order valence-corrected chi connectivity index (χ4v) is 5.94. The van der Waals surface area contributed by atoms with Gasteiger partial charge in [0.1, 0.15) is 17.1 Å². The Labute approximate surface area is 168 Å². The molecule has 0 spiro atoms. The number of phenolic OH excluding ortho intramolecular Hbond substituents is 1. The van der Waals surface area contributed by atoms with Crippen molar-refractivity contribution < 1.29 is 9.84 Å². The van der Waals surface area contributed by atoms with Gasteiger partial charge in [0.15, 0.2) is 0 Å². The van der Waals surface area contributed by atoms with Gasteiger partial charge in [0, 0.05) is 17.4 Å². The first-order chi connectivity index (χ1) is 11.8. The largest absolute Gasteiger partial charge is 0.506 e. The number of phenols is 1. The van der Waals surface area contributed by atoms with Gasteiger partial charge in [0.2, 0.25) is 0 Å². The lowest BCUT2D eigenvalue weighted by atomic mass is 9.68. The van der Waals surface area contributed by atoms with Crippen molar-refractivity contribution in [1.29, 1.82) is 0 Å². The molecule has 1 aromatic rings. The molecule has 0 aromatic heterocycles. The van der Waals surface area contributed by atoms with Crippen LogP contribution in [-0.4, -0.2) is 10.7 Å². The molecule has 1 heterocycles. The maximum Gasteiger partial charge on any atom is 0.142 e. The van der Waals surface area contributed by atoms with Crippen LogP contribution in [0.25, 0.3) is 0 Å². The van der Waals surface area contributed by atoms with Crippen molar-refractivity contribution in [2.45, 2.75) is 77.7 Å². The van der Waals surface area contributed by atoms with E-state index in [2.05, 4.69) is 65.6 Å². The van der Waals surface area contributed by atoms with E-state index in [9.17, 15) is 5.11 Å². The van der Waals surface area contributed by atoms with Crippen LogP contribution in [0.15, 0.2) is 20.6 Å². The number of rotatable bonds is 4. The van der Waals surface area contributed by atoms with Gasteiger partial charge in [0.05, 0.1) is 8.95 Å². The van der Waals surface area contributed by atoms with Gasteiger partial charge in [-0.25, -0.2) is 0 Å². The third-order valence-corrected chi connectivity index (χ3v) is 7.50. The molecule has 0 saturated carbocycles. The highest BCUT2D eigenvalue weighted by atomic mass is 79.9. The summed E-state index contributed by atoms with van der Waals surface area (Å²) in [6, 6.07) is 0. The Morgan fingerprint density at radius 2 is 1.96 bits per heavy atom. The lowest BCUT2D eigenvalue weighted by Gasteiger charge is -2.47. The quantitative estimate of drug-likeness (QED) is 0.369. The van der Waals surface area contributed by atoms with Crippen LogP contribution in [0, 0.1) is 5.92 Å². The molecule has 1 aliphatic carbocycles. The first-order valence-corrected chi connectivity index (χ1v) is 11.0. The lowest BCUT2D eigenvalue weighted by Crippen LogP contribution is -2.45. The molecule has 138 valence electrons. The van der Waals surface area contributed by atoms with Gasteiger partial charge >= 0.3 is 0 Å². The van der Waals surface area contributed by atoms with E-state index in [1.807, 2.05) is 0 Å². The number of allylic oxidation sites excluding steroid dienone is 2. The molecule has 0 saturated heterocycles. The molecule has 25 heavy (non-hydrogen) atoms. The summed E-state index contributed by atoms with van der Waals surface area (Å²) >= 11 is 7.47. The van der Waals surface area contributed by atoms with Crippen LogP contribution in [0.2, 0.25) is 0 Å². The molecular formula is C21H28Br2O2. The van der Waals surface area contributed by atoms with E-state index < -0.39 is 0 Å². The van der Waals surface area contributed by atoms with E-state index >= 15 is 0 Å². The van der Waals surface area contributed by atoms with Gasteiger partial charge in [0.25, 0.3) is 0 Å². The number of hydrogen-bond acceptors (Lipinski definition) is 2. The van der Waals surface area contributed by atoms with E-state index in [0.717, 1.165) is 51.5 Å². The minimum Gasteiger partial charge on any atom is -0.506 e. The third-order valence-electron chi connectivity index (χ3n) is 5.81.